The summed E-state index contributed by atoms with van der Waals surface area (Å²) in [5.41, 5.74) is -0.471. The van der Waals surface area contributed by atoms with Crippen molar-refractivity contribution in [2.75, 3.05) is 7.11 Å². The van der Waals surface area contributed by atoms with Crippen molar-refractivity contribution in [3.8, 4) is 5.88 Å². The zero-order chi connectivity index (χ0) is 14.0. The molecule has 0 fully saturated rings. The van der Waals surface area contributed by atoms with Gasteiger partial charge in [0.2, 0.25) is 11.8 Å². The van der Waals surface area contributed by atoms with Crippen molar-refractivity contribution in [3.63, 3.8) is 0 Å². The van der Waals surface area contributed by atoms with Crippen molar-refractivity contribution in [1.82, 2.24) is 19.9 Å². The Hall–Kier alpha value is -2.18. The second-order valence-corrected chi connectivity index (χ2v) is 5.14. The van der Waals surface area contributed by atoms with Crippen LogP contribution in [0.1, 0.15) is 32.5 Å². The van der Waals surface area contributed by atoms with Gasteiger partial charge in [0.25, 0.3) is 5.56 Å². The minimum Gasteiger partial charge on any atom is -0.480 e. The van der Waals surface area contributed by atoms with Crippen LogP contribution in [0.4, 0.5) is 0 Å². The van der Waals surface area contributed by atoms with Crippen LogP contribution in [0.15, 0.2) is 21.5 Å². The van der Waals surface area contributed by atoms with E-state index in [0.717, 1.165) is 0 Å². The maximum atomic E-state index is 11.7. The predicted octanol–water partition coefficient (Wildman–Crippen LogP) is 0.981. The summed E-state index contributed by atoms with van der Waals surface area (Å²) in [6.45, 7) is 6.07. The van der Waals surface area contributed by atoms with Crippen LogP contribution in [-0.4, -0.2) is 27.0 Å². The molecule has 7 nitrogen and oxygen atoms in total. The summed E-state index contributed by atoms with van der Waals surface area (Å²) in [6, 6.07) is 2.90. The zero-order valence-electron chi connectivity index (χ0n) is 11.4. The van der Waals surface area contributed by atoms with Gasteiger partial charge >= 0.3 is 0 Å². The Kier molecular flexibility index (Phi) is 3.37. The molecular weight excluding hydrogens is 248 g/mol. The molecule has 102 valence electrons. The quantitative estimate of drug-likeness (QED) is 0.821. The first-order chi connectivity index (χ1) is 8.90. The SMILES string of the molecule is COc1ccc(=O)n(Cc2noc(C(C)(C)C)n2)n1. The molecule has 0 aliphatic heterocycles. The molecule has 0 saturated heterocycles. The zero-order valence-corrected chi connectivity index (χ0v) is 11.4. The molecule has 0 saturated carbocycles. The first-order valence-corrected chi connectivity index (χ1v) is 5.85. The molecule has 0 spiro atoms. The number of nitrogens with zero attached hydrogens (tertiary/aromatic N) is 4. The van der Waals surface area contributed by atoms with Crippen molar-refractivity contribution in [2.24, 2.45) is 0 Å². The molecule has 0 radical (unpaired) electrons. The van der Waals surface area contributed by atoms with Crippen LogP contribution in [0.3, 0.4) is 0 Å². The number of methoxy groups -OCH3 is 1. The lowest BCUT2D eigenvalue weighted by molar-refractivity contribution is 0.317. The van der Waals surface area contributed by atoms with Crippen LogP contribution in [0.25, 0.3) is 0 Å². The minimum absolute atomic E-state index is 0.148. The van der Waals surface area contributed by atoms with E-state index in [1.165, 1.54) is 23.9 Å². The third-order valence-electron chi connectivity index (χ3n) is 2.45. The third-order valence-corrected chi connectivity index (χ3v) is 2.45. The monoisotopic (exact) mass is 264 g/mol. The Labute approximate surface area is 110 Å². The smallest absolute Gasteiger partial charge is 0.267 e. The highest BCUT2D eigenvalue weighted by atomic mass is 16.5. The third kappa shape index (κ3) is 2.98. The number of hydrogen-bond acceptors (Lipinski definition) is 6. The van der Waals surface area contributed by atoms with Gasteiger partial charge in [0, 0.05) is 17.5 Å². The van der Waals surface area contributed by atoms with Crippen LogP contribution in [0.2, 0.25) is 0 Å². The van der Waals surface area contributed by atoms with Crippen LogP contribution >= 0.6 is 0 Å². The molecule has 7 heteroatoms. The number of ether oxygens (including phenoxy) is 1. The van der Waals surface area contributed by atoms with Crippen LogP contribution < -0.4 is 10.3 Å². The van der Waals surface area contributed by atoms with E-state index in [0.29, 0.717) is 17.6 Å². The summed E-state index contributed by atoms with van der Waals surface area (Å²) in [6.07, 6.45) is 0. The average Bonchev–Trinajstić information content (AvgIpc) is 2.80. The fourth-order valence-electron chi connectivity index (χ4n) is 1.41. The van der Waals surface area contributed by atoms with Crippen molar-refractivity contribution in [1.29, 1.82) is 0 Å². The molecule has 2 heterocycles. The van der Waals surface area contributed by atoms with E-state index in [2.05, 4.69) is 15.2 Å². The summed E-state index contributed by atoms with van der Waals surface area (Å²) in [4.78, 5) is 15.9. The fourth-order valence-corrected chi connectivity index (χ4v) is 1.41. The van der Waals surface area contributed by atoms with Crippen molar-refractivity contribution >= 4 is 0 Å². The van der Waals surface area contributed by atoms with Crippen molar-refractivity contribution in [2.45, 2.75) is 32.7 Å². The molecule has 0 aliphatic carbocycles. The van der Waals surface area contributed by atoms with Crippen LogP contribution in [-0.2, 0) is 12.0 Å². The Morgan fingerprint density at radius 3 is 2.68 bits per heavy atom. The summed E-state index contributed by atoms with van der Waals surface area (Å²) in [5.74, 6) is 1.30. The predicted molar refractivity (Wildman–Crippen MR) is 67.1 cm³/mol. The molecule has 0 N–H and O–H groups in total. The van der Waals surface area contributed by atoms with Crippen molar-refractivity contribution < 1.29 is 9.26 Å². The number of hydrogen-bond donors (Lipinski definition) is 0. The summed E-state index contributed by atoms with van der Waals surface area (Å²) in [7, 11) is 1.49. The second kappa shape index (κ2) is 4.83. The van der Waals surface area contributed by atoms with Gasteiger partial charge in [0.1, 0.15) is 6.54 Å². The molecule has 0 amide bonds. The minimum atomic E-state index is -0.247. The molecule has 0 bridgehead atoms. The molecule has 2 aromatic heterocycles. The van der Waals surface area contributed by atoms with Gasteiger partial charge in [0.15, 0.2) is 5.82 Å². The summed E-state index contributed by atoms with van der Waals surface area (Å²) >= 11 is 0. The molecular formula is C12H16N4O3. The van der Waals surface area contributed by atoms with Gasteiger partial charge in [-0.1, -0.05) is 25.9 Å². The van der Waals surface area contributed by atoms with E-state index in [1.807, 2.05) is 20.8 Å². The molecule has 0 atom stereocenters. The maximum Gasteiger partial charge on any atom is 0.267 e. The van der Waals surface area contributed by atoms with E-state index < -0.39 is 0 Å². The molecule has 19 heavy (non-hydrogen) atoms. The lowest BCUT2D eigenvalue weighted by Gasteiger charge is -2.10. The molecule has 0 aromatic carbocycles. The van der Waals surface area contributed by atoms with Gasteiger partial charge in [-0.3, -0.25) is 4.79 Å². The van der Waals surface area contributed by atoms with E-state index >= 15 is 0 Å². The highest BCUT2D eigenvalue weighted by molar-refractivity contribution is 5.07. The highest BCUT2D eigenvalue weighted by Crippen LogP contribution is 2.19. The lowest BCUT2D eigenvalue weighted by Crippen LogP contribution is -2.23. The molecule has 0 aliphatic rings. The fraction of sp³-hybridized carbons (Fsp3) is 0.500. The molecule has 0 unspecified atom stereocenters. The standard InChI is InChI=1S/C12H16N4O3/c1-12(2,3)11-13-8(15-19-11)7-16-10(17)6-5-9(14-16)18-4/h5-6H,7H2,1-4H3. The lowest BCUT2D eigenvalue weighted by atomic mass is 9.97. The Bertz CT molecular complexity index is 624. The van der Waals surface area contributed by atoms with Crippen LogP contribution in [0, 0.1) is 0 Å². The topological polar surface area (TPSA) is 83.0 Å². The van der Waals surface area contributed by atoms with Gasteiger partial charge in [0.05, 0.1) is 7.11 Å². The van der Waals surface area contributed by atoms with Gasteiger partial charge in [-0.2, -0.15) is 4.98 Å². The summed E-state index contributed by atoms with van der Waals surface area (Å²) < 4.78 is 11.4. The van der Waals surface area contributed by atoms with E-state index in [-0.39, 0.29) is 17.5 Å². The first-order valence-electron chi connectivity index (χ1n) is 5.85. The number of aromatic nitrogens is 4. The molecule has 2 aromatic rings. The Morgan fingerprint density at radius 1 is 1.37 bits per heavy atom. The molecule has 2 rings (SSSR count). The van der Waals surface area contributed by atoms with Gasteiger partial charge in [-0.15, -0.1) is 5.10 Å². The second-order valence-electron chi connectivity index (χ2n) is 5.14. The van der Waals surface area contributed by atoms with E-state index in [9.17, 15) is 4.79 Å². The first kappa shape index (κ1) is 13.3. The largest absolute Gasteiger partial charge is 0.480 e. The van der Waals surface area contributed by atoms with Gasteiger partial charge in [-0.25, -0.2) is 4.68 Å². The number of rotatable bonds is 3. The maximum absolute atomic E-state index is 11.7. The van der Waals surface area contributed by atoms with Gasteiger partial charge < -0.3 is 9.26 Å². The summed E-state index contributed by atoms with van der Waals surface area (Å²) in [5, 5.41) is 7.87. The Balaban J connectivity index is 2.26. The van der Waals surface area contributed by atoms with Crippen molar-refractivity contribution in [3.05, 3.63) is 34.2 Å². The Morgan fingerprint density at radius 2 is 2.11 bits per heavy atom. The highest BCUT2D eigenvalue weighted by Gasteiger charge is 2.22. The van der Waals surface area contributed by atoms with E-state index in [1.54, 1.807) is 0 Å². The van der Waals surface area contributed by atoms with Crippen LogP contribution in [0.5, 0.6) is 5.88 Å². The van der Waals surface area contributed by atoms with Gasteiger partial charge in [-0.05, 0) is 0 Å². The van der Waals surface area contributed by atoms with E-state index in [4.69, 9.17) is 9.26 Å². The average molecular weight is 264 g/mol. The normalized spacial score (nSPS) is 11.6.